The van der Waals surface area contributed by atoms with Crippen molar-refractivity contribution in [1.82, 2.24) is 9.88 Å². The number of carbonyl (C=O) groups is 2. The Kier molecular flexibility index (Phi) is 4.26. The van der Waals surface area contributed by atoms with Crippen LogP contribution in [0.4, 0.5) is 5.69 Å². The van der Waals surface area contributed by atoms with Gasteiger partial charge in [0.05, 0.1) is 17.8 Å². The van der Waals surface area contributed by atoms with Crippen LogP contribution >= 0.6 is 11.3 Å². The van der Waals surface area contributed by atoms with Crippen molar-refractivity contribution in [2.45, 2.75) is 19.6 Å². The average molecular weight is 363 g/mol. The van der Waals surface area contributed by atoms with Gasteiger partial charge >= 0.3 is 0 Å². The maximum atomic E-state index is 12.9. The number of hydrogen-bond donors (Lipinski definition) is 1. The van der Waals surface area contributed by atoms with Gasteiger partial charge in [0.2, 0.25) is 0 Å². The van der Waals surface area contributed by atoms with Gasteiger partial charge in [-0.15, -0.1) is 11.3 Å². The Hall–Kier alpha value is -2.99. The van der Waals surface area contributed by atoms with Crippen LogP contribution in [-0.2, 0) is 6.54 Å². The van der Waals surface area contributed by atoms with Gasteiger partial charge < -0.3 is 10.2 Å². The third-order valence-electron chi connectivity index (χ3n) is 4.40. The topological polar surface area (TPSA) is 62.3 Å². The largest absolute Gasteiger partial charge is 0.360 e. The molecule has 4 rings (SSSR count). The van der Waals surface area contributed by atoms with Crippen LogP contribution < -0.4 is 5.32 Å². The summed E-state index contributed by atoms with van der Waals surface area (Å²) >= 11 is 1.62. The summed E-state index contributed by atoms with van der Waals surface area (Å²) in [6.45, 7) is 2.07. The normalized spacial score (nSPS) is 15.8. The number of pyridine rings is 1. The van der Waals surface area contributed by atoms with E-state index in [4.69, 9.17) is 0 Å². The number of aromatic nitrogens is 1. The van der Waals surface area contributed by atoms with Crippen LogP contribution in [-0.4, -0.2) is 21.6 Å². The van der Waals surface area contributed by atoms with Crippen LogP contribution in [0.1, 0.15) is 44.4 Å². The number of hydrogen-bond acceptors (Lipinski definition) is 5. The molecule has 1 unspecified atom stereocenters. The Balaban J connectivity index is 1.65. The molecule has 1 amide bonds. The molecule has 1 aliphatic heterocycles. The number of carbonyl (C=O) groups excluding carboxylic acids is 2. The Morgan fingerprint density at radius 1 is 1.19 bits per heavy atom. The van der Waals surface area contributed by atoms with Crippen molar-refractivity contribution in [3.8, 4) is 0 Å². The third kappa shape index (κ3) is 2.99. The third-order valence-corrected chi connectivity index (χ3v) is 5.26. The Bertz CT molecular complexity index is 951. The fourth-order valence-corrected chi connectivity index (χ4v) is 3.78. The molecule has 1 atom stereocenters. The van der Waals surface area contributed by atoms with E-state index in [0.717, 1.165) is 16.3 Å². The van der Waals surface area contributed by atoms with Crippen LogP contribution in [0.5, 0.6) is 0 Å². The predicted octanol–water partition coefficient (Wildman–Crippen LogP) is 4.11. The molecule has 0 aliphatic carbocycles. The smallest absolute Gasteiger partial charge is 0.258 e. The van der Waals surface area contributed by atoms with Crippen LogP contribution in [0.2, 0.25) is 0 Å². The molecular formula is C20H17N3O2S. The second kappa shape index (κ2) is 6.72. The number of amides is 1. The molecule has 0 spiro atoms. The number of ketones is 1. The molecule has 130 valence electrons. The lowest BCUT2D eigenvalue weighted by Gasteiger charge is -2.26. The molecule has 0 saturated carbocycles. The van der Waals surface area contributed by atoms with E-state index in [0.29, 0.717) is 17.7 Å². The second-order valence-electron chi connectivity index (χ2n) is 6.13. The number of thiophene rings is 1. The first kappa shape index (κ1) is 16.5. The maximum absolute atomic E-state index is 12.9. The van der Waals surface area contributed by atoms with Crippen LogP contribution in [0.3, 0.4) is 0 Å². The number of anilines is 1. The van der Waals surface area contributed by atoms with Gasteiger partial charge in [0.15, 0.2) is 5.78 Å². The number of rotatable bonds is 5. The zero-order valence-corrected chi connectivity index (χ0v) is 15.0. The Morgan fingerprint density at radius 2 is 2.00 bits per heavy atom. The molecule has 26 heavy (non-hydrogen) atoms. The first-order valence-corrected chi connectivity index (χ1v) is 9.17. The van der Waals surface area contributed by atoms with E-state index < -0.39 is 0 Å². The zero-order chi connectivity index (χ0) is 18.1. The molecule has 2 aromatic heterocycles. The van der Waals surface area contributed by atoms with Crippen LogP contribution in [0.15, 0.2) is 60.1 Å². The summed E-state index contributed by atoms with van der Waals surface area (Å²) in [7, 11) is 0. The lowest BCUT2D eigenvalue weighted by atomic mass is 10.1. The number of Topliss-reactive ketones (excluding diaryl/α,β-unsaturated/α-hetero) is 1. The minimum Gasteiger partial charge on any atom is -0.360 e. The van der Waals surface area contributed by atoms with Gasteiger partial charge in [-0.1, -0.05) is 6.07 Å². The van der Waals surface area contributed by atoms with E-state index >= 15 is 0 Å². The number of benzene rings is 1. The van der Waals surface area contributed by atoms with Gasteiger partial charge in [-0.05, 0) is 54.8 Å². The van der Waals surface area contributed by atoms with Crippen molar-refractivity contribution in [3.05, 3.63) is 81.8 Å². The molecule has 0 radical (unpaired) electrons. The quantitative estimate of drug-likeness (QED) is 0.693. The summed E-state index contributed by atoms with van der Waals surface area (Å²) in [6, 6.07) is 14.9. The number of nitrogens with zero attached hydrogens (tertiary/aromatic N) is 2. The van der Waals surface area contributed by atoms with Crippen molar-refractivity contribution >= 4 is 28.7 Å². The van der Waals surface area contributed by atoms with Gasteiger partial charge in [0.1, 0.15) is 6.17 Å². The van der Waals surface area contributed by atoms with E-state index in [-0.39, 0.29) is 17.9 Å². The molecule has 6 heteroatoms. The number of fused-ring (bicyclic) bond motifs is 1. The minimum absolute atomic E-state index is 0.0268. The highest BCUT2D eigenvalue weighted by molar-refractivity contribution is 7.09. The molecule has 0 fully saturated rings. The summed E-state index contributed by atoms with van der Waals surface area (Å²) in [5, 5.41) is 5.40. The van der Waals surface area contributed by atoms with E-state index in [1.54, 1.807) is 47.6 Å². The molecule has 1 aliphatic rings. The molecule has 1 N–H and O–H groups in total. The second-order valence-corrected chi connectivity index (χ2v) is 7.16. The lowest BCUT2D eigenvalue weighted by Crippen LogP contribution is -2.31. The van der Waals surface area contributed by atoms with Crippen molar-refractivity contribution in [3.63, 3.8) is 0 Å². The highest BCUT2D eigenvalue weighted by Gasteiger charge is 2.38. The fourth-order valence-electron chi connectivity index (χ4n) is 3.07. The molecule has 1 aromatic carbocycles. The summed E-state index contributed by atoms with van der Waals surface area (Å²) in [4.78, 5) is 31.7. The maximum Gasteiger partial charge on any atom is 0.258 e. The predicted molar refractivity (Wildman–Crippen MR) is 101 cm³/mol. The van der Waals surface area contributed by atoms with Gasteiger partial charge in [0.25, 0.3) is 5.91 Å². The van der Waals surface area contributed by atoms with Gasteiger partial charge in [-0.2, -0.15) is 0 Å². The van der Waals surface area contributed by atoms with Crippen LogP contribution in [0, 0.1) is 0 Å². The highest BCUT2D eigenvalue weighted by atomic mass is 32.1. The van der Waals surface area contributed by atoms with Crippen molar-refractivity contribution in [2.75, 3.05) is 5.32 Å². The molecule has 5 nitrogen and oxygen atoms in total. The van der Waals surface area contributed by atoms with E-state index in [1.807, 2.05) is 35.7 Å². The standard InChI is InChI=1S/C20H17N3O2S/c1-13(24)14-6-8-15(9-7-14)22-19-18-17(5-2-10-21-18)20(25)23(19)12-16-4-3-11-26-16/h2-11,19,22H,12H2,1H3. The molecule has 0 bridgehead atoms. The minimum atomic E-state index is -0.344. The first-order valence-electron chi connectivity index (χ1n) is 8.29. The summed E-state index contributed by atoms with van der Waals surface area (Å²) in [5.41, 5.74) is 2.85. The van der Waals surface area contributed by atoms with Gasteiger partial charge in [0, 0.05) is 22.3 Å². The Labute approximate surface area is 155 Å². The van der Waals surface area contributed by atoms with Crippen molar-refractivity contribution < 1.29 is 9.59 Å². The average Bonchev–Trinajstić information content (AvgIpc) is 3.25. The van der Waals surface area contributed by atoms with Gasteiger partial charge in [-0.3, -0.25) is 14.6 Å². The van der Waals surface area contributed by atoms with E-state index in [2.05, 4.69) is 10.3 Å². The first-order chi connectivity index (χ1) is 12.6. The number of nitrogens with one attached hydrogen (secondary N) is 1. The zero-order valence-electron chi connectivity index (χ0n) is 14.2. The molecule has 3 aromatic rings. The highest BCUT2D eigenvalue weighted by Crippen LogP contribution is 2.34. The fraction of sp³-hybridized carbons (Fsp3) is 0.150. The van der Waals surface area contributed by atoms with Crippen LogP contribution in [0.25, 0.3) is 0 Å². The van der Waals surface area contributed by atoms with Crippen molar-refractivity contribution in [1.29, 1.82) is 0 Å². The van der Waals surface area contributed by atoms with E-state index in [1.165, 1.54) is 0 Å². The summed E-state index contributed by atoms with van der Waals surface area (Å²) < 4.78 is 0. The van der Waals surface area contributed by atoms with Gasteiger partial charge in [-0.25, -0.2) is 0 Å². The summed E-state index contributed by atoms with van der Waals surface area (Å²) in [5.74, 6) is -0.00159. The van der Waals surface area contributed by atoms with E-state index in [9.17, 15) is 9.59 Å². The monoisotopic (exact) mass is 363 g/mol. The SMILES string of the molecule is CC(=O)c1ccc(NC2c3ncccc3C(=O)N2Cc2cccs2)cc1. The lowest BCUT2D eigenvalue weighted by molar-refractivity contribution is 0.0729. The molecule has 0 saturated heterocycles. The van der Waals surface area contributed by atoms with Crippen molar-refractivity contribution in [2.24, 2.45) is 0 Å². The molecular weight excluding hydrogens is 346 g/mol. The summed E-state index contributed by atoms with van der Waals surface area (Å²) in [6.07, 6.45) is 1.36. The molecule has 3 heterocycles. The Morgan fingerprint density at radius 3 is 2.69 bits per heavy atom.